The van der Waals surface area contributed by atoms with Crippen LogP contribution in [-0.2, 0) is 4.65 Å². The van der Waals surface area contributed by atoms with Crippen molar-refractivity contribution in [1.29, 1.82) is 0 Å². The minimum atomic E-state index is -0.947. The molecule has 1 aromatic heterocycles. The molecule has 0 amide bonds. The van der Waals surface area contributed by atoms with Crippen molar-refractivity contribution in [2.75, 3.05) is 0 Å². The second kappa shape index (κ2) is 10.7. The van der Waals surface area contributed by atoms with E-state index in [4.69, 9.17) is 15.4 Å². The van der Waals surface area contributed by atoms with Gasteiger partial charge in [-0.2, -0.15) is 0 Å². The van der Waals surface area contributed by atoms with Gasteiger partial charge in [0.15, 0.2) is 0 Å². The number of benzene rings is 3. The van der Waals surface area contributed by atoms with Crippen LogP contribution in [0.4, 0.5) is 0 Å². The fourth-order valence-electron chi connectivity index (χ4n) is 3.70. The van der Waals surface area contributed by atoms with Gasteiger partial charge in [-0.15, -0.1) is 0 Å². The van der Waals surface area contributed by atoms with E-state index in [2.05, 4.69) is 35.3 Å². The van der Waals surface area contributed by atoms with E-state index < -0.39 is 17.4 Å². The summed E-state index contributed by atoms with van der Waals surface area (Å²) in [6, 6.07) is 30.6. The number of aliphatic hydroxyl groups is 1. The molecule has 0 radical (unpaired) electrons. The molecule has 1 heterocycles. The molecule has 0 aliphatic heterocycles. The average molecular weight is 479 g/mol. The van der Waals surface area contributed by atoms with E-state index in [9.17, 15) is 5.11 Å². The van der Waals surface area contributed by atoms with Gasteiger partial charge in [0, 0.05) is 11.8 Å². The van der Waals surface area contributed by atoms with Crippen LogP contribution in [0.15, 0.2) is 102 Å². The molecule has 5 nitrogen and oxygen atoms in total. The zero-order valence-electron chi connectivity index (χ0n) is 21.4. The van der Waals surface area contributed by atoms with E-state index in [1.807, 2.05) is 80.7 Å². The first-order chi connectivity index (χ1) is 17.1. The summed E-state index contributed by atoms with van der Waals surface area (Å²) in [6.45, 7) is 7.29. The van der Waals surface area contributed by atoms with Crippen molar-refractivity contribution in [3.8, 4) is 22.3 Å². The maximum atomic E-state index is 10.3. The normalized spacial score (nSPS) is 13.4. The molecule has 0 spiro atoms. The van der Waals surface area contributed by atoms with Crippen molar-refractivity contribution in [2.24, 2.45) is 10.7 Å². The van der Waals surface area contributed by atoms with E-state index >= 15 is 0 Å². The Hall–Kier alpha value is -3.45. The maximum absolute atomic E-state index is 10.3. The Bertz CT molecular complexity index is 1340. The molecule has 0 saturated carbocycles. The molecule has 4 aromatic rings. The number of hydrogen-bond acceptors (Lipinski definition) is 4. The van der Waals surface area contributed by atoms with Crippen molar-refractivity contribution >= 4 is 12.9 Å². The van der Waals surface area contributed by atoms with Crippen LogP contribution in [0, 0.1) is 0 Å². The molecule has 0 bridgehead atoms. The van der Waals surface area contributed by atoms with Crippen LogP contribution in [0.25, 0.3) is 22.3 Å². The Balaban J connectivity index is 1.61. The van der Waals surface area contributed by atoms with Crippen molar-refractivity contribution in [1.82, 2.24) is 4.98 Å². The largest absolute Gasteiger partial charge is 0.427 e. The molecule has 4 N–H and O–H groups in total. The molecule has 0 fully saturated rings. The highest BCUT2D eigenvalue weighted by molar-refractivity contribution is 6.47. The molecule has 4 rings (SSSR count). The van der Waals surface area contributed by atoms with Gasteiger partial charge in [0.05, 0.1) is 11.2 Å². The van der Waals surface area contributed by atoms with Gasteiger partial charge in [0.2, 0.25) is 0 Å². The lowest BCUT2D eigenvalue weighted by Gasteiger charge is -2.37. The number of H-pyrrole nitrogens is 1. The number of nitrogens with one attached hydrogen (secondary N) is 1. The lowest BCUT2D eigenvalue weighted by Crippen LogP contribution is -2.49. The Kier molecular flexibility index (Phi) is 7.60. The number of pyridine rings is 1. The average Bonchev–Trinajstić information content (AvgIpc) is 2.88. The number of rotatable bonds is 8. The third-order valence-electron chi connectivity index (χ3n) is 6.77. The molecule has 1 atom stereocenters. The summed E-state index contributed by atoms with van der Waals surface area (Å²) in [4.78, 5) is 8.22. The Labute approximate surface area is 214 Å². The van der Waals surface area contributed by atoms with Gasteiger partial charge in [-0.3, -0.25) is 0 Å². The first-order valence-corrected chi connectivity index (χ1v) is 12.2. The fourth-order valence-corrected chi connectivity index (χ4v) is 3.70. The topological polar surface area (TPSA) is 83.6 Å². The van der Waals surface area contributed by atoms with Crippen molar-refractivity contribution < 1.29 is 9.76 Å². The zero-order chi connectivity index (χ0) is 25.8. The molecule has 36 heavy (non-hydrogen) atoms. The second-order valence-corrected chi connectivity index (χ2v) is 10.1. The summed E-state index contributed by atoms with van der Waals surface area (Å²) in [5, 5.41) is 10.3. The summed E-state index contributed by atoms with van der Waals surface area (Å²) < 4.78 is 5.98. The summed E-state index contributed by atoms with van der Waals surface area (Å²) in [7, 11) is 0.399. The van der Waals surface area contributed by atoms with Crippen LogP contribution in [0.2, 0.25) is 0 Å². The Morgan fingerprint density at radius 2 is 1.42 bits per heavy atom. The number of hydrogen-bond donors (Lipinski definition) is 3. The SMILES string of the molecule is CC(C)(O)C(C)(C)OBc1ccc(C(N)/N=c2\[nH]cc(-c3ccccc3)cc2-c2ccccc2)cc1. The van der Waals surface area contributed by atoms with Crippen LogP contribution in [0.3, 0.4) is 0 Å². The summed E-state index contributed by atoms with van der Waals surface area (Å²) in [6.07, 6.45) is 1.44. The highest BCUT2D eigenvalue weighted by Gasteiger charge is 2.35. The quantitative estimate of drug-likeness (QED) is 0.327. The van der Waals surface area contributed by atoms with Crippen LogP contribution in [-0.4, -0.2) is 28.8 Å². The standard InChI is InChI=1S/C30H34BN3O2/c1-29(2,35)30(3,4)36-31-25-17-15-23(16-18-25)27(32)34-28-26(22-13-9-6-10-14-22)19-24(20-33-28)21-11-7-5-8-12-21/h5-20,27,31,35H,32H2,1-4H3,(H,33,34). The van der Waals surface area contributed by atoms with Crippen LogP contribution in [0.5, 0.6) is 0 Å². The number of aromatic nitrogens is 1. The van der Waals surface area contributed by atoms with E-state index in [-0.39, 0.29) is 0 Å². The first-order valence-electron chi connectivity index (χ1n) is 12.2. The van der Waals surface area contributed by atoms with Crippen molar-refractivity contribution in [3.05, 3.63) is 108 Å². The Morgan fingerprint density at radius 1 is 0.833 bits per heavy atom. The molecule has 184 valence electrons. The smallest absolute Gasteiger partial charge is 0.309 e. The van der Waals surface area contributed by atoms with Gasteiger partial charge in [-0.25, -0.2) is 4.99 Å². The lowest BCUT2D eigenvalue weighted by atomic mass is 9.82. The zero-order valence-corrected chi connectivity index (χ0v) is 21.4. The minimum Gasteiger partial charge on any atom is -0.427 e. The van der Waals surface area contributed by atoms with Gasteiger partial charge in [0.25, 0.3) is 0 Å². The first kappa shape index (κ1) is 25.6. The summed E-state index contributed by atoms with van der Waals surface area (Å²) in [5.41, 5.74) is 11.8. The van der Waals surface area contributed by atoms with Crippen molar-refractivity contribution in [3.63, 3.8) is 0 Å². The fraction of sp³-hybridized carbons (Fsp3) is 0.233. The number of nitrogens with two attached hydrogens (primary N) is 1. The summed E-state index contributed by atoms with van der Waals surface area (Å²) in [5.74, 6) is 0. The molecule has 3 aromatic carbocycles. The summed E-state index contributed by atoms with van der Waals surface area (Å²) >= 11 is 0. The predicted molar refractivity (Wildman–Crippen MR) is 149 cm³/mol. The minimum absolute atomic E-state index is 0.399. The second-order valence-electron chi connectivity index (χ2n) is 10.1. The van der Waals surface area contributed by atoms with Gasteiger partial charge in [-0.1, -0.05) is 90.4 Å². The molecule has 1 unspecified atom stereocenters. The molecule has 0 aliphatic carbocycles. The van der Waals surface area contributed by atoms with Gasteiger partial charge in [0.1, 0.15) is 11.7 Å². The van der Waals surface area contributed by atoms with E-state index in [1.165, 1.54) is 0 Å². The number of nitrogens with zero attached hydrogens (tertiary/aromatic N) is 1. The third-order valence-corrected chi connectivity index (χ3v) is 6.77. The molecular formula is C30H34BN3O2. The van der Waals surface area contributed by atoms with Gasteiger partial charge >= 0.3 is 7.48 Å². The monoisotopic (exact) mass is 479 g/mol. The van der Waals surface area contributed by atoms with Crippen LogP contribution >= 0.6 is 0 Å². The Morgan fingerprint density at radius 3 is 2.00 bits per heavy atom. The predicted octanol–water partition coefficient (Wildman–Crippen LogP) is 4.45. The number of aromatic amines is 1. The molecule has 6 heteroatoms. The van der Waals surface area contributed by atoms with Crippen molar-refractivity contribution in [2.45, 2.75) is 45.1 Å². The van der Waals surface area contributed by atoms with Crippen LogP contribution < -0.4 is 16.7 Å². The highest BCUT2D eigenvalue weighted by Crippen LogP contribution is 2.25. The lowest BCUT2D eigenvalue weighted by molar-refractivity contribution is -0.0893. The molecule has 0 saturated heterocycles. The van der Waals surface area contributed by atoms with Gasteiger partial charge in [-0.05, 0) is 56.0 Å². The van der Waals surface area contributed by atoms with E-state index in [0.717, 1.165) is 38.8 Å². The molecule has 0 aliphatic rings. The van der Waals surface area contributed by atoms with E-state index in [1.54, 1.807) is 13.8 Å². The third kappa shape index (κ3) is 6.03. The van der Waals surface area contributed by atoms with E-state index in [0.29, 0.717) is 7.48 Å². The van der Waals surface area contributed by atoms with Crippen LogP contribution in [0.1, 0.15) is 39.4 Å². The molecular weight excluding hydrogens is 445 g/mol. The van der Waals surface area contributed by atoms with Gasteiger partial charge < -0.3 is 20.5 Å². The highest BCUT2D eigenvalue weighted by atomic mass is 16.5. The maximum Gasteiger partial charge on any atom is 0.309 e.